The fraction of sp³-hybridized carbons (Fsp3) is 0.448. The number of anilines is 1. The molecule has 0 bridgehead atoms. The maximum Gasteiger partial charge on any atom is 0.136 e. The molecule has 0 amide bonds. The van der Waals surface area contributed by atoms with Crippen molar-refractivity contribution in [2.75, 3.05) is 44.3 Å². The summed E-state index contributed by atoms with van der Waals surface area (Å²) in [7, 11) is 0. The molecule has 4 aromatic rings. The van der Waals surface area contributed by atoms with E-state index in [0.29, 0.717) is 12.5 Å². The van der Waals surface area contributed by atoms with Gasteiger partial charge in [0.2, 0.25) is 0 Å². The van der Waals surface area contributed by atoms with Crippen LogP contribution < -0.4 is 4.90 Å². The first-order chi connectivity index (χ1) is 18.2. The van der Waals surface area contributed by atoms with E-state index in [2.05, 4.69) is 63.2 Å². The van der Waals surface area contributed by atoms with E-state index in [-0.39, 0.29) is 0 Å². The van der Waals surface area contributed by atoms with Crippen molar-refractivity contribution in [2.45, 2.75) is 45.1 Å². The molecule has 6 rings (SSSR count). The Morgan fingerprint density at radius 3 is 2.54 bits per heavy atom. The predicted molar refractivity (Wildman–Crippen MR) is 144 cm³/mol. The number of pyridine rings is 2. The number of morpholine rings is 1. The van der Waals surface area contributed by atoms with Crippen molar-refractivity contribution >= 4 is 11.5 Å². The molecule has 8 heteroatoms. The number of hydrogen-bond donors (Lipinski definition) is 0. The van der Waals surface area contributed by atoms with Gasteiger partial charge in [-0.05, 0) is 54.7 Å². The zero-order valence-electron chi connectivity index (χ0n) is 21.6. The number of ether oxygens (including phenoxy) is 1. The van der Waals surface area contributed by atoms with E-state index in [9.17, 15) is 0 Å². The molecule has 2 saturated heterocycles. The van der Waals surface area contributed by atoms with Crippen molar-refractivity contribution in [1.29, 1.82) is 0 Å². The number of aromatic nitrogens is 5. The molecular formula is C29H35N7O. The number of nitrogens with zero attached hydrogens (tertiary/aromatic N) is 7. The Labute approximate surface area is 218 Å². The third-order valence-electron chi connectivity index (χ3n) is 7.64. The molecule has 0 unspecified atom stereocenters. The van der Waals surface area contributed by atoms with Crippen LogP contribution in [-0.4, -0.2) is 74.7 Å². The summed E-state index contributed by atoms with van der Waals surface area (Å²) in [5.41, 5.74) is 5.51. The van der Waals surface area contributed by atoms with Gasteiger partial charge in [0.15, 0.2) is 0 Å². The summed E-state index contributed by atoms with van der Waals surface area (Å²) in [6.45, 7) is 8.02. The van der Waals surface area contributed by atoms with Crippen LogP contribution in [0.2, 0.25) is 0 Å². The zero-order valence-corrected chi connectivity index (χ0v) is 21.6. The van der Waals surface area contributed by atoms with Gasteiger partial charge in [0.05, 0.1) is 25.3 Å². The molecule has 4 aromatic heterocycles. The largest absolute Gasteiger partial charge is 0.379 e. The first-order valence-corrected chi connectivity index (χ1v) is 13.5. The Balaban J connectivity index is 1.25. The van der Waals surface area contributed by atoms with Crippen LogP contribution in [0, 0.1) is 0 Å². The number of rotatable bonds is 7. The van der Waals surface area contributed by atoms with Crippen LogP contribution in [0.1, 0.15) is 48.1 Å². The Morgan fingerprint density at radius 2 is 1.70 bits per heavy atom. The molecule has 37 heavy (non-hydrogen) atoms. The van der Waals surface area contributed by atoms with Gasteiger partial charge in [-0.25, -0.2) is 15.0 Å². The van der Waals surface area contributed by atoms with Gasteiger partial charge in [0.25, 0.3) is 0 Å². The Morgan fingerprint density at radius 1 is 0.838 bits per heavy atom. The molecule has 0 saturated carbocycles. The highest BCUT2D eigenvalue weighted by molar-refractivity contribution is 5.45. The molecule has 2 aliphatic rings. The van der Waals surface area contributed by atoms with Crippen LogP contribution in [0.25, 0.3) is 5.65 Å². The summed E-state index contributed by atoms with van der Waals surface area (Å²) in [5, 5.41) is 0. The number of hydrogen-bond acceptors (Lipinski definition) is 7. The van der Waals surface area contributed by atoms with E-state index >= 15 is 0 Å². The minimum Gasteiger partial charge on any atom is -0.379 e. The van der Waals surface area contributed by atoms with E-state index in [1.807, 2.05) is 23.0 Å². The molecule has 0 aliphatic carbocycles. The highest BCUT2D eigenvalue weighted by Gasteiger charge is 2.27. The minimum atomic E-state index is 0.637. The molecule has 8 nitrogen and oxygen atoms in total. The monoisotopic (exact) mass is 497 g/mol. The molecule has 2 aliphatic heterocycles. The fourth-order valence-electron chi connectivity index (χ4n) is 5.55. The highest BCUT2D eigenvalue weighted by Crippen LogP contribution is 2.24. The number of fused-ring (bicyclic) bond motifs is 1. The van der Waals surface area contributed by atoms with Gasteiger partial charge in [-0.3, -0.25) is 9.88 Å². The second-order valence-corrected chi connectivity index (χ2v) is 10.1. The second-order valence-electron chi connectivity index (χ2n) is 10.1. The van der Waals surface area contributed by atoms with Gasteiger partial charge in [-0.1, -0.05) is 6.92 Å². The van der Waals surface area contributed by atoms with Crippen LogP contribution in [0.5, 0.6) is 0 Å². The Hall–Kier alpha value is -3.36. The topological polar surface area (TPSA) is 71.7 Å². The van der Waals surface area contributed by atoms with Crippen LogP contribution in [0.4, 0.5) is 5.82 Å². The summed E-state index contributed by atoms with van der Waals surface area (Å²) in [6, 6.07) is 11.4. The average molecular weight is 498 g/mol. The SMILES string of the molecule is CCc1ccnc(Cc2nc(Cc3ccn4ccnc4c3)cc(N3CCC(N4CCOCC4)CC3)n2)c1. The molecule has 0 radical (unpaired) electrons. The first kappa shape index (κ1) is 24.0. The normalized spacial score (nSPS) is 17.5. The van der Waals surface area contributed by atoms with Crippen molar-refractivity contribution < 1.29 is 4.74 Å². The lowest BCUT2D eigenvalue weighted by molar-refractivity contribution is 0.0114. The first-order valence-electron chi connectivity index (χ1n) is 13.5. The molecule has 0 aromatic carbocycles. The maximum atomic E-state index is 5.56. The lowest BCUT2D eigenvalue weighted by Gasteiger charge is -2.40. The highest BCUT2D eigenvalue weighted by atomic mass is 16.5. The van der Waals surface area contributed by atoms with Gasteiger partial charge in [-0.15, -0.1) is 0 Å². The van der Waals surface area contributed by atoms with Crippen molar-refractivity contribution in [2.24, 2.45) is 0 Å². The lowest BCUT2D eigenvalue weighted by Crippen LogP contribution is -2.49. The van der Waals surface area contributed by atoms with Crippen LogP contribution in [0.15, 0.2) is 55.1 Å². The lowest BCUT2D eigenvalue weighted by atomic mass is 10.0. The predicted octanol–water partition coefficient (Wildman–Crippen LogP) is 3.56. The van der Waals surface area contributed by atoms with Crippen LogP contribution in [-0.2, 0) is 24.0 Å². The number of aryl methyl sites for hydroxylation is 1. The Kier molecular flexibility index (Phi) is 7.10. The van der Waals surface area contributed by atoms with E-state index < -0.39 is 0 Å². The molecule has 6 heterocycles. The minimum absolute atomic E-state index is 0.637. The third-order valence-corrected chi connectivity index (χ3v) is 7.64. The van der Waals surface area contributed by atoms with Gasteiger partial charge >= 0.3 is 0 Å². The van der Waals surface area contributed by atoms with E-state index in [0.717, 1.165) is 93.8 Å². The standard InChI is InChI=1S/C29H35N7O/c1-2-22-3-7-30-24(17-22)20-27-32-25(18-23-4-9-36-12-8-31-28(36)19-23)21-29(33-27)35-10-5-26(6-11-35)34-13-15-37-16-14-34/h3-4,7-9,12,17,19,21,26H,2,5-6,10-11,13-16,18,20H2,1H3. The van der Waals surface area contributed by atoms with Crippen LogP contribution in [0.3, 0.4) is 0 Å². The van der Waals surface area contributed by atoms with E-state index in [1.165, 1.54) is 11.1 Å². The van der Waals surface area contributed by atoms with Gasteiger partial charge in [0, 0.05) is 75.2 Å². The summed E-state index contributed by atoms with van der Waals surface area (Å²) in [6.07, 6.45) is 12.5. The molecule has 2 fully saturated rings. The quantitative estimate of drug-likeness (QED) is 0.387. The average Bonchev–Trinajstić information content (AvgIpc) is 3.42. The summed E-state index contributed by atoms with van der Waals surface area (Å²) >= 11 is 0. The zero-order chi connectivity index (χ0) is 25.0. The maximum absolute atomic E-state index is 5.56. The summed E-state index contributed by atoms with van der Waals surface area (Å²) in [5.74, 6) is 1.87. The van der Waals surface area contributed by atoms with Crippen molar-refractivity contribution in [3.8, 4) is 0 Å². The Bertz CT molecular complexity index is 1340. The van der Waals surface area contributed by atoms with Crippen molar-refractivity contribution in [3.05, 3.63) is 83.5 Å². The molecule has 0 N–H and O–H groups in total. The van der Waals surface area contributed by atoms with Crippen molar-refractivity contribution in [3.63, 3.8) is 0 Å². The molecule has 0 spiro atoms. The van der Waals surface area contributed by atoms with Gasteiger partial charge < -0.3 is 14.0 Å². The van der Waals surface area contributed by atoms with E-state index in [4.69, 9.17) is 14.7 Å². The smallest absolute Gasteiger partial charge is 0.136 e. The van der Waals surface area contributed by atoms with Crippen LogP contribution >= 0.6 is 0 Å². The molecule has 0 atom stereocenters. The van der Waals surface area contributed by atoms with E-state index in [1.54, 1.807) is 0 Å². The van der Waals surface area contributed by atoms with Gasteiger partial charge in [0.1, 0.15) is 17.3 Å². The molecular weight excluding hydrogens is 462 g/mol. The summed E-state index contributed by atoms with van der Waals surface area (Å²) in [4.78, 5) is 24.2. The third kappa shape index (κ3) is 5.65. The molecule has 192 valence electrons. The van der Waals surface area contributed by atoms with Crippen molar-refractivity contribution in [1.82, 2.24) is 29.2 Å². The summed E-state index contributed by atoms with van der Waals surface area (Å²) < 4.78 is 7.59. The number of imidazole rings is 1. The fourth-order valence-corrected chi connectivity index (χ4v) is 5.55. The number of piperidine rings is 1. The second kappa shape index (κ2) is 10.9. The van der Waals surface area contributed by atoms with Gasteiger partial charge in [-0.2, -0.15) is 0 Å².